The molecule has 8 bridgehead atoms. The normalized spacial score (nSPS) is 11.8. The van der Waals surface area contributed by atoms with E-state index in [0.29, 0.717) is 0 Å². The molecule has 0 saturated carbocycles. The molecule has 3 aromatic carbocycles. The molecular formula is C38H25BrN4Ni. The minimum atomic E-state index is 0. The van der Waals surface area contributed by atoms with Gasteiger partial charge >= 0.3 is 0 Å². The van der Waals surface area contributed by atoms with Crippen LogP contribution in [0.25, 0.3) is 79.8 Å². The first-order valence-electron chi connectivity index (χ1n) is 14.2. The fraction of sp³-hybridized carbons (Fsp3) is 0. The van der Waals surface area contributed by atoms with E-state index in [1.54, 1.807) is 0 Å². The van der Waals surface area contributed by atoms with Crippen molar-refractivity contribution in [2.24, 2.45) is 0 Å². The summed E-state index contributed by atoms with van der Waals surface area (Å²) in [5.74, 6) is 0. The molecule has 0 saturated heterocycles. The molecule has 0 aliphatic carbocycles. The molecule has 5 heterocycles. The van der Waals surface area contributed by atoms with Gasteiger partial charge in [0, 0.05) is 49.7 Å². The molecule has 4 nitrogen and oxygen atoms in total. The minimum Gasteiger partial charge on any atom is -0.354 e. The van der Waals surface area contributed by atoms with Crippen molar-refractivity contribution in [2.75, 3.05) is 0 Å². The molecule has 2 aliphatic heterocycles. The summed E-state index contributed by atoms with van der Waals surface area (Å²) < 4.78 is 0.903. The first-order chi connectivity index (χ1) is 21.2. The van der Waals surface area contributed by atoms with Gasteiger partial charge in [0.1, 0.15) is 0 Å². The Morgan fingerprint density at radius 3 is 1.11 bits per heavy atom. The summed E-state index contributed by atoms with van der Waals surface area (Å²) in [6.07, 6.45) is 8.40. The first kappa shape index (κ1) is 28.0. The molecule has 214 valence electrons. The van der Waals surface area contributed by atoms with Crippen LogP contribution in [-0.2, 0) is 16.5 Å². The number of fused-ring (bicyclic) bond motifs is 8. The van der Waals surface area contributed by atoms with E-state index in [1.165, 1.54) is 0 Å². The Balaban J connectivity index is 0.00000312. The van der Waals surface area contributed by atoms with Crippen molar-refractivity contribution >= 4 is 62.3 Å². The van der Waals surface area contributed by atoms with E-state index < -0.39 is 0 Å². The van der Waals surface area contributed by atoms with Gasteiger partial charge in [0.25, 0.3) is 0 Å². The molecular weight excluding hydrogens is 651 g/mol. The molecule has 2 N–H and O–H groups in total. The number of benzene rings is 3. The molecule has 0 unspecified atom stereocenters. The number of nitrogens with zero attached hydrogens (tertiary/aromatic N) is 2. The molecule has 0 atom stereocenters. The molecule has 0 fully saturated rings. The van der Waals surface area contributed by atoms with Crippen molar-refractivity contribution in [1.82, 2.24) is 19.9 Å². The molecule has 0 amide bonds. The van der Waals surface area contributed by atoms with Crippen LogP contribution in [0.4, 0.5) is 0 Å². The third-order valence-electron chi connectivity index (χ3n) is 7.88. The second-order valence-electron chi connectivity index (χ2n) is 10.5. The largest absolute Gasteiger partial charge is 0.354 e. The van der Waals surface area contributed by atoms with Crippen LogP contribution in [0.1, 0.15) is 22.8 Å². The summed E-state index contributed by atoms with van der Waals surface area (Å²) >= 11 is 3.86. The van der Waals surface area contributed by atoms with Gasteiger partial charge in [-0.1, -0.05) is 91.0 Å². The third kappa shape index (κ3) is 4.96. The Kier molecular flexibility index (Phi) is 7.47. The van der Waals surface area contributed by atoms with Crippen LogP contribution in [0.15, 0.2) is 120 Å². The van der Waals surface area contributed by atoms with E-state index in [0.717, 1.165) is 82.7 Å². The zero-order chi connectivity index (χ0) is 28.8. The van der Waals surface area contributed by atoms with Crippen LogP contribution in [-0.4, -0.2) is 19.9 Å². The van der Waals surface area contributed by atoms with Gasteiger partial charge in [0.05, 0.1) is 32.8 Å². The first-order valence-corrected chi connectivity index (χ1v) is 15.0. The van der Waals surface area contributed by atoms with E-state index in [9.17, 15) is 0 Å². The molecule has 6 heteroatoms. The maximum Gasteiger partial charge on any atom is 0.0801 e. The Morgan fingerprint density at radius 1 is 0.386 bits per heavy atom. The Labute approximate surface area is 273 Å². The second-order valence-corrected chi connectivity index (χ2v) is 11.3. The van der Waals surface area contributed by atoms with Crippen molar-refractivity contribution in [3.63, 3.8) is 0 Å². The van der Waals surface area contributed by atoms with Crippen LogP contribution in [0.5, 0.6) is 0 Å². The maximum atomic E-state index is 5.28. The van der Waals surface area contributed by atoms with Crippen molar-refractivity contribution in [2.45, 2.75) is 0 Å². The van der Waals surface area contributed by atoms with E-state index in [4.69, 9.17) is 9.97 Å². The monoisotopic (exact) mass is 674 g/mol. The van der Waals surface area contributed by atoms with E-state index in [-0.39, 0.29) is 16.5 Å². The number of nitrogens with one attached hydrogen (secondary N) is 2. The zero-order valence-corrected chi connectivity index (χ0v) is 25.9. The standard InChI is InChI=1S/C38H25BrN4.Ni/c39-38-33-22-20-31(42-33)36(25-12-6-2-7-13-25)29-18-16-27(40-29)35(24-10-4-1-5-11-24)28-17-19-30(41-28)37(26-14-8-3-9-15-26)32-21-23-34(38)43-32;/h1-23,40,43H;. The number of aromatic amines is 2. The molecule has 3 aromatic heterocycles. The third-order valence-corrected chi connectivity index (χ3v) is 8.71. The van der Waals surface area contributed by atoms with E-state index in [1.807, 2.05) is 18.2 Å². The van der Waals surface area contributed by atoms with E-state index >= 15 is 0 Å². The fourth-order valence-corrected chi connectivity index (χ4v) is 6.35. The van der Waals surface area contributed by atoms with Gasteiger partial charge < -0.3 is 9.97 Å². The van der Waals surface area contributed by atoms with Crippen molar-refractivity contribution in [3.8, 4) is 33.4 Å². The summed E-state index contributed by atoms with van der Waals surface area (Å²) in [6, 6.07) is 39.8. The number of halogens is 1. The molecule has 0 radical (unpaired) electrons. The smallest absolute Gasteiger partial charge is 0.0801 e. The molecule has 8 rings (SSSR count). The quantitative estimate of drug-likeness (QED) is 0.183. The van der Waals surface area contributed by atoms with Crippen molar-refractivity contribution in [3.05, 3.63) is 143 Å². The number of rotatable bonds is 3. The van der Waals surface area contributed by atoms with E-state index in [2.05, 4.69) is 147 Å². The minimum absolute atomic E-state index is 0. The van der Waals surface area contributed by atoms with Gasteiger partial charge in [-0.15, -0.1) is 0 Å². The van der Waals surface area contributed by atoms with Crippen LogP contribution in [0, 0.1) is 0 Å². The topological polar surface area (TPSA) is 57.4 Å². The number of hydrogen-bond acceptors (Lipinski definition) is 2. The summed E-state index contributed by atoms with van der Waals surface area (Å²) in [5, 5.41) is 0. The summed E-state index contributed by atoms with van der Waals surface area (Å²) in [5.41, 5.74) is 13.9. The predicted octanol–water partition coefficient (Wildman–Crippen LogP) is 10.4. The van der Waals surface area contributed by atoms with Gasteiger partial charge in [-0.25, -0.2) is 9.97 Å². The summed E-state index contributed by atoms with van der Waals surface area (Å²) in [4.78, 5) is 17.8. The fourth-order valence-electron chi connectivity index (χ4n) is 5.90. The van der Waals surface area contributed by atoms with Crippen LogP contribution < -0.4 is 0 Å². The number of H-pyrrole nitrogens is 2. The molecule has 6 aromatic rings. The Bertz CT molecular complexity index is 2190. The SMILES string of the molecule is Brc1c2nc(c(-c3ccccc3)c3ccc([nH]3)c(-c3ccccc3)c3nc(c(-c4ccccc4)c4ccc1[nH]4)C=C3)C=C2.[Ni]. The van der Waals surface area contributed by atoms with Gasteiger partial charge in [0.15, 0.2) is 0 Å². The molecule has 0 spiro atoms. The predicted molar refractivity (Wildman–Crippen MR) is 183 cm³/mol. The van der Waals surface area contributed by atoms with Crippen LogP contribution in [0.2, 0.25) is 0 Å². The van der Waals surface area contributed by atoms with Crippen molar-refractivity contribution in [1.29, 1.82) is 0 Å². The van der Waals surface area contributed by atoms with Gasteiger partial charge in [-0.05, 0) is 81.2 Å². The number of hydrogen-bond donors (Lipinski definition) is 2. The maximum absolute atomic E-state index is 5.28. The Morgan fingerprint density at radius 2 is 0.705 bits per heavy atom. The van der Waals surface area contributed by atoms with Crippen LogP contribution >= 0.6 is 15.9 Å². The summed E-state index contributed by atoms with van der Waals surface area (Å²) in [7, 11) is 0. The second kappa shape index (κ2) is 11.7. The van der Waals surface area contributed by atoms with Gasteiger partial charge in [-0.3, -0.25) is 0 Å². The van der Waals surface area contributed by atoms with Gasteiger partial charge in [-0.2, -0.15) is 0 Å². The molecule has 44 heavy (non-hydrogen) atoms. The average Bonchev–Trinajstić information content (AvgIpc) is 3.88. The van der Waals surface area contributed by atoms with Crippen LogP contribution in [0.3, 0.4) is 0 Å². The van der Waals surface area contributed by atoms with Crippen molar-refractivity contribution < 1.29 is 16.5 Å². The zero-order valence-electron chi connectivity index (χ0n) is 23.4. The molecule has 2 aliphatic rings. The summed E-state index contributed by atoms with van der Waals surface area (Å²) in [6.45, 7) is 0. The number of aromatic nitrogens is 4. The Hall–Kier alpha value is -4.77. The van der Waals surface area contributed by atoms with Gasteiger partial charge in [0.2, 0.25) is 0 Å². The average molecular weight is 676 g/mol.